The summed E-state index contributed by atoms with van der Waals surface area (Å²) in [4.78, 5) is 16.0. The van der Waals surface area contributed by atoms with Crippen molar-refractivity contribution in [2.24, 2.45) is 0 Å². The molecule has 0 saturated carbocycles. The van der Waals surface area contributed by atoms with Gasteiger partial charge >= 0.3 is 0 Å². The van der Waals surface area contributed by atoms with E-state index in [1.54, 1.807) is 18.3 Å². The maximum absolute atomic E-state index is 11.7. The molecule has 0 amide bonds. The largest absolute Gasteiger partial charge is 0.483 e. The zero-order valence-electron chi connectivity index (χ0n) is 11.3. The lowest BCUT2D eigenvalue weighted by Crippen LogP contribution is -2.08. The molecule has 3 nitrogen and oxygen atoms in total. The molecule has 1 aromatic heterocycles. The number of carbonyl (C=O) groups is 1. The average molecular weight is 310 g/mol. The number of thioether (sulfide) groups is 1. The maximum atomic E-state index is 11.7. The van der Waals surface area contributed by atoms with Gasteiger partial charge < -0.3 is 4.74 Å². The molecule has 0 fully saturated rings. The molecule has 20 heavy (non-hydrogen) atoms. The summed E-state index contributed by atoms with van der Waals surface area (Å²) < 4.78 is 5.58. The Hall–Kier alpha value is -1.26. The molecule has 0 unspecified atom stereocenters. The van der Waals surface area contributed by atoms with Crippen LogP contribution in [0.4, 0.5) is 0 Å². The molecule has 5 heteroatoms. The third-order valence-electron chi connectivity index (χ3n) is 2.79. The number of aromatic nitrogens is 1. The quantitative estimate of drug-likeness (QED) is 0.745. The summed E-state index contributed by atoms with van der Waals surface area (Å²) in [7, 11) is 0. The Kier molecular flexibility index (Phi) is 5.68. The normalized spacial score (nSPS) is 10.7. The molecule has 0 radical (unpaired) electrons. The van der Waals surface area contributed by atoms with E-state index in [0.717, 1.165) is 24.0 Å². The van der Waals surface area contributed by atoms with Crippen LogP contribution < -0.4 is 4.74 Å². The van der Waals surface area contributed by atoms with Gasteiger partial charge in [-0.05, 0) is 30.7 Å². The zero-order valence-corrected chi connectivity index (χ0v) is 12.8. The number of carbonyl (C=O) groups excluding carboxylic acids is 1. The second kappa shape index (κ2) is 7.50. The predicted molar refractivity (Wildman–Crippen MR) is 84.6 cm³/mol. The summed E-state index contributed by atoms with van der Waals surface area (Å²) in [5, 5.41) is 1.50. The van der Waals surface area contributed by atoms with Gasteiger partial charge in [0.25, 0.3) is 0 Å². The Balaban J connectivity index is 2.03. The van der Waals surface area contributed by atoms with Gasteiger partial charge in [-0.25, -0.2) is 0 Å². The Morgan fingerprint density at radius 2 is 2.25 bits per heavy atom. The monoisotopic (exact) mass is 309 g/mol. The van der Waals surface area contributed by atoms with Crippen LogP contribution in [0.25, 0.3) is 10.9 Å². The van der Waals surface area contributed by atoms with Gasteiger partial charge in [0.1, 0.15) is 11.3 Å². The third kappa shape index (κ3) is 3.87. The number of pyridine rings is 1. The van der Waals surface area contributed by atoms with Crippen LogP contribution in [-0.2, 0) is 4.79 Å². The fourth-order valence-electron chi connectivity index (χ4n) is 1.74. The van der Waals surface area contributed by atoms with Gasteiger partial charge in [-0.2, -0.15) is 0 Å². The molecule has 106 valence electrons. The molecule has 0 aliphatic rings. The van der Waals surface area contributed by atoms with E-state index in [0.29, 0.717) is 16.3 Å². The van der Waals surface area contributed by atoms with Crippen molar-refractivity contribution < 1.29 is 9.53 Å². The van der Waals surface area contributed by atoms with Crippen molar-refractivity contribution in [1.82, 2.24) is 4.98 Å². The van der Waals surface area contributed by atoms with E-state index in [1.807, 2.05) is 12.1 Å². The number of hydrogen-bond acceptors (Lipinski definition) is 4. The third-order valence-corrected chi connectivity index (χ3v) is 4.05. The minimum absolute atomic E-state index is 0.0393. The highest BCUT2D eigenvalue weighted by Gasteiger charge is 2.09. The molecule has 2 rings (SSSR count). The van der Waals surface area contributed by atoms with Crippen LogP contribution in [0.3, 0.4) is 0 Å². The van der Waals surface area contributed by atoms with Crippen LogP contribution in [0.2, 0.25) is 5.02 Å². The number of halogens is 1. The van der Waals surface area contributed by atoms with E-state index < -0.39 is 0 Å². The Labute approximate surface area is 127 Å². The first-order valence-corrected chi connectivity index (χ1v) is 7.90. The van der Waals surface area contributed by atoms with Gasteiger partial charge in [0.05, 0.1) is 5.02 Å². The molecule has 1 heterocycles. The number of hydrogen-bond donors (Lipinski definition) is 0. The first kappa shape index (κ1) is 15.1. The van der Waals surface area contributed by atoms with Crippen molar-refractivity contribution >= 4 is 39.4 Å². The first-order valence-electron chi connectivity index (χ1n) is 6.54. The van der Waals surface area contributed by atoms with E-state index in [4.69, 9.17) is 16.3 Å². The van der Waals surface area contributed by atoms with Crippen molar-refractivity contribution in [2.75, 3.05) is 12.4 Å². The summed E-state index contributed by atoms with van der Waals surface area (Å²) in [6.07, 6.45) is 3.82. The number of nitrogens with zero attached hydrogens (tertiary/aromatic N) is 1. The van der Waals surface area contributed by atoms with Crippen LogP contribution in [-0.4, -0.2) is 22.5 Å². The van der Waals surface area contributed by atoms with E-state index in [1.165, 1.54) is 11.8 Å². The average Bonchev–Trinajstić information content (AvgIpc) is 2.47. The minimum atomic E-state index is 0.0393. The van der Waals surface area contributed by atoms with Gasteiger partial charge in [-0.3, -0.25) is 9.78 Å². The molecule has 2 aromatic rings. The highest BCUT2D eigenvalue weighted by Crippen LogP contribution is 2.29. The SMILES string of the molecule is CCCCSC(=O)COc1ccc(Cl)c2cccnc12. The van der Waals surface area contributed by atoms with Crippen LogP contribution in [0, 0.1) is 0 Å². The Morgan fingerprint density at radius 1 is 1.40 bits per heavy atom. The number of ether oxygens (including phenoxy) is 1. The van der Waals surface area contributed by atoms with Crippen molar-refractivity contribution in [3.05, 3.63) is 35.5 Å². The number of benzene rings is 1. The number of unbranched alkanes of at least 4 members (excludes halogenated alkanes) is 1. The second-order valence-electron chi connectivity index (χ2n) is 4.31. The molecular weight excluding hydrogens is 294 g/mol. The molecular formula is C15H16ClNO2S. The van der Waals surface area contributed by atoms with Crippen LogP contribution in [0.15, 0.2) is 30.5 Å². The first-order chi connectivity index (χ1) is 9.72. The molecule has 0 spiro atoms. The molecule has 0 bridgehead atoms. The summed E-state index contributed by atoms with van der Waals surface area (Å²) in [5.41, 5.74) is 0.686. The molecule has 0 aliphatic heterocycles. The number of fused-ring (bicyclic) bond motifs is 1. The van der Waals surface area contributed by atoms with E-state index in [-0.39, 0.29) is 11.7 Å². The molecule has 0 atom stereocenters. The summed E-state index contributed by atoms with van der Waals surface area (Å²) in [6.45, 7) is 2.16. The number of rotatable bonds is 6. The fraction of sp³-hybridized carbons (Fsp3) is 0.333. The molecule has 1 aromatic carbocycles. The lowest BCUT2D eigenvalue weighted by atomic mass is 10.2. The summed E-state index contributed by atoms with van der Waals surface area (Å²) >= 11 is 7.43. The molecule has 0 N–H and O–H groups in total. The van der Waals surface area contributed by atoms with Crippen molar-refractivity contribution in [3.63, 3.8) is 0 Å². The fourth-order valence-corrected chi connectivity index (χ4v) is 2.76. The summed E-state index contributed by atoms with van der Waals surface area (Å²) in [5.74, 6) is 1.44. The molecule has 0 aliphatic carbocycles. The van der Waals surface area contributed by atoms with Crippen LogP contribution >= 0.6 is 23.4 Å². The van der Waals surface area contributed by atoms with Gasteiger partial charge in [0.2, 0.25) is 5.12 Å². The van der Waals surface area contributed by atoms with Crippen molar-refractivity contribution in [1.29, 1.82) is 0 Å². The van der Waals surface area contributed by atoms with Gasteiger partial charge in [-0.15, -0.1) is 0 Å². The lowest BCUT2D eigenvalue weighted by molar-refractivity contribution is -0.112. The topological polar surface area (TPSA) is 39.2 Å². The van der Waals surface area contributed by atoms with Gasteiger partial charge in [-0.1, -0.05) is 36.7 Å². The van der Waals surface area contributed by atoms with E-state index >= 15 is 0 Å². The smallest absolute Gasteiger partial charge is 0.226 e. The Morgan fingerprint density at radius 3 is 3.05 bits per heavy atom. The van der Waals surface area contributed by atoms with Crippen LogP contribution in [0.1, 0.15) is 19.8 Å². The highest BCUT2D eigenvalue weighted by molar-refractivity contribution is 8.13. The predicted octanol–water partition coefficient (Wildman–Crippen LogP) is 4.33. The van der Waals surface area contributed by atoms with Gasteiger partial charge in [0.15, 0.2) is 6.61 Å². The lowest BCUT2D eigenvalue weighted by Gasteiger charge is -2.08. The van der Waals surface area contributed by atoms with Crippen molar-refractivity contribution in [2.45, 2.75) is 19.8 Å². The second-order valence-corrected chi connectivity index (χ2v) is 5.87. The highest BCUT2D eigenvalue weighted by atomic mass is 35.5. The standard InChI is InChI=1S/C15H16ClNO2S/c1-2-3-9-20-14(18)10-19-13-7-6-12(16)11-5-4-8-17-15(11)13/h4-8H,2-3,9-10H2,1H3. The Bertz CT molecular complexity index is 603. The van der Waals surface area contributed by atoms with Crippen molar-refractivity contribution in [3.8, 4) is 5.75 Å². The summed E-state index contributed by atoms with van der Waals surface area (Å²) in [6, 6.07) is 7.22. The van der Waals surface area contributed by atoms with Gasteiger partial charge in [0, 0.05) is 17.3 Å². The van der Waals surface area contributed by atoms with Crippen LogP contribution in [0.5, 0.6) is 5.75 Å². The van der Waals surface area contributed by atoms with E-state index in [9.17, 15) is 4.79 Å². The van der Waals surface area contributed by atoms with E-state index in [2.05, 4.69) is 11.9 Å². The maximum Gasteiger partial charge on any atom is 0.226 e. The zero-order chi connectivity index (χ0) is 14.4. The minimum Gasteiger partial charge on any atom is -0.483 e. The molecule has 0 saturated heterocycles.